The van der Waals surface area contributed by atoms with Crippen molar-refractivity contribution in [1.82, 2.24) is 0 Å². The maximum absolute atomic E-state index is 11.9. The summed E-state index contributed by atoms with van der Waals surface area (Å²) in [5.74, 6) is -1.43. The van der Waals surface area contributed by atoms with Crippen molar-refractivity contribution in [3.63, 3.8) is 0 Å². The van der Waals surface area contributed by atoms with E-state index in [1.165, 1.54) is 0 Å². The Morgan fingerprint density at radius 2 is 1.78 bits per heavy atom. The molecule has 0 amide bonds. The van der Waals surface area contributed by atoms with Gasteiger partial charge in [-0.1, -0.05) is 19.9 Å². The minimum absolute atomic E-state index is 0.104. The van der Waals surface area contributed by atoms with Crippen LogP contribution >= 0.6 is 0 Å². The smallest absolute Gasteiger partial charge is 0.170 e. The Morgan fingerprint density at radius 1 is 1.22 bits per heavy atom. The Hall–Kier alpha value is -1.97. The number of benzene rings is 1. The SMILES string of the molecule is C=C(C)c1c(O)cc(O)c(C(=O)CCCC)c1O. The van der Waals surface area contributed by atoms with E-state index in [0.717, 1.165) is 12.5 Å². The Labute approximate surface area is 106 Å². The number of hydrogen-bond donors (Lipinski definition) is 3. The van der Waals surface area contributed by atoms with E-state index in [1.807, 2.05) is 6.92 Å². The van der Waals surface area contributed by atoms with Crippen molar-refractivity contribution in [3.05, 3.63) is 23.8 Å². The molecule has 0 saturated heterocycles. The lowest BCUT2D eigenvalue weighted by Gasteiger charge is -2.12. The average Bonchev–Trinajstić information content (AvgIpc) is 2.24. The molecule has 1 aromatic rings. The number of carbonyl (C=O) groups is 1. The summed E-state index contributed by atoms with van der Waals surface area (Å²) in [4.78, 5) is 11.9. The van der Waals surface area contributed by atoms with Crippen molar-refractivity contribution in [2.45, 2.75) is 33.1 Å². The number of phenols is 3. The van der Waals surface area contributed by atoms with E-state index in [4.69, 9.17) is 0 Å². The molecule has 98 valence electrons. The number of ketones is 1. The average molecular weight is 250 g/mol. The molecule has 1 rings (SSSR count). The van der Waals surface area contributed by atoms with Gasteiger partial charge in [-0.3, -0.25) is 4.79 Å². The van der Waals surface area contributed by atoms with Gasteiger partial charge in [-0.05, 0) is 18.9 Å². The molecule has 0 atom stereocenters. The molecule has 0 aliphatic rings. The summed E-state index contributed by atoms with van der Waals surface area (Å²) in [6.07, 6.45) is 1.78. The highest BCUT2D eigenvalue weighted by molar-refractivity contribution is 6.03. The highest BCUT2D eigenvalue weighted by atomic mass is 16.3. The summed E-state index contributed by atoms with van der Waals surface area (Å²) < 4.78 is 0. The van der Waals surface area contributed by atoms with Crippen molar-refractivity contribution in [1.29, 1.82) is 0 Å². The summed E-state index contributed by atoms with van der Waals surface area (Å²) in [5.41, 5.74) is 0.390. The quantitative estimate of drug-likeness (QED) is 0.701. The molecule has 0 radical (unpaired) electrons. The second-order valence-corrected chi connectivity index (χ2v) is 4.32. The molecular weight excluding hydrogens is 232 g/mol. The molecule has 0 spiro atoms. The van der Waals surface area contributed by atoms with E-state index in [9.17, 15) is 20.1 Å². The van der Waals surface area contributed by atoms with Gasteiger partial charge in [-0.2, -0.15) is 0 Å². The van der Waals surface area contributed by atoms with Gasteiger partial charge in [0.15, 0.2) is 5.78 Å². The van der Waals surface area contributed by atoms with E-state index in [1.54, 1.807) is 6.92 Å². The molecule has 4 nitrogen and oxygen atoms in total. The highest BCUT2D eigenvalue weighted by Crippen LogP contribution is 2.41. The van der Waals surface area contributed by atoms with Gasteiger partial charge in [-0.25, -0.2) is 0 Å². The van der Waals surface area contributed by atoms with Crippen LogP contribution < -0.4 is 0 Å². The van der Waals surface area contributed by atoms with Gasteiger partial charge in [0.1, 0.15) is 22.8 Å². The van der Waals surface area contributed by atoms with Gasteiger partial charge < -0.3 is 15.3 Å². The Balaban J connectivity index is 3.31. The molecule has 0 bridgehead atoms. The van der Waals surface area contributed by atoms with E-state index >= 15 is 0 Å². The zero-order valence-electron chi connectivity index (χ0n) is 10.7. The third-order valence-electron chi connectivity index (χ3n) is 2.72. The van der Waals surface area contributed by atoms with Crippen LogP contribution in [0.25, 0.3) is 5.57 Å². The summed E-state index contributed by atoms with van der Waals surface area (Å²) in [6, 6.07) is 1.06. The van der Waals surface area contributed by atoms with Crippen molar-refractivity contribution in [2.75, 3.05) is 0 Å². The first-order valence-corrected chi connectivity index (χ1v) is 5.87. The van der Waals surface area contributed by atoms with Crippen LogP contribution in [0.3, 0.4) is 0 Å². The van der Waals surface area contributed by atoms with Crippen LogP contribution in [0.4, 0.5) is 0 Å². The van der Waals surface area contributed by atoms with E-state index in [2.05, 4.69) is 6.58 Å². The van der Waals surface area contributed by atoms with Crippen molar-refractivity contribution >= 4 is 11.4 Å². The Morgan fingerprint density at radius 3 is 2.28 bits per heavy atom. The number of phenolic OH excluding ortho intramolecular Hbond substituents is 3. The molecule has 3 N–H and O–H groups in total. The summed E-state index contributed by atoms with van der Waals surface area (Å²) in [7, 11) is 0. The standard InChI is InChI=1S/C14H18O4/c1-4-5-6-9(15)13-11(17)7-10(16)12(8(2)3)14(13)18/h7,16-18H,2,4-6H2,1,3H3. The second kappa shape index (κ2) is 5.58. The predicted octanol–water partition coefficient (Wildman–Crippen LogP) is 3.21. The number of hydrogen-bond acceptors (Lipinski definition) is 4. The van der Waals surface area contributed by atoms with Gasteiger partial charge in [0, 0.05) is 12.5 Å². The zero-order valence-corrected chi connectivity index (χ0v) is 10.7. The number of rotatable bonds is 5. The fourth-order valence-corrected chi connectivity index (χ4v) is 1.80. The van der Waals surface area contributed by atoms with Gasteiger partial charge in [0.05, 0.1) is 5.56 Å². The van der Waals surface area contributed by atoms with Gasteiger partial charge in [-0.15, -0.1) is 0 Å². The van der Waals surface area contributed by atoms with Crippen molar-refractivity contribution in [3.8, 4) is 17.2 Å². The van der Waals surface area contributed by atoms with Crippen molar-refractivity contribution < 1.29 is 20.1 Å². The molecular formula is C14H18O4. The van der Waals surface area contributed by atoms with Gasteiger partial charge in [0.2, 0.25) is 0 Å². The first-order chi connectivity index (χ1) is 8.40. The fraction of sp³-hybridized carbons (Fsp3) is 0.357. The molecule has 0 fully saturated rings. The molecule has 4 heteroatoms. The van der Waals surface area contributed by atoms with E-state index in [-0.39, 0.29) is 29.1 Å². The molecule has 0 aliphatic heterocycles. The maximum Gasteiger partial charge on any atom is 0.170 e. The van der Waals surface area contributed by atoms with Crippen LogP contribution in [0.1, 0.15) is 49.0 Å². The molecule has 18 heavy (non-hydrogen) atoms. The minimum Gasteiger partial charge on any atom is -0.507 e. The van der Waals surface area contributed by atoms with Crippen molar-refractivity contribution in [2.24, 2.45) is 0 Å². The predicted molar refractivity (Wildman–Crippen MR) is 70.0 cm³/mol. The fourth-order valence-electron chi connectivity index (χ4n) is 1.80. The number of Topliss-reactive ketones (excluding diaryl/α,β-unsaturated/α-hetero) is 1. The molecule has 0 aromatic heterocycles. The largest absolute Gasteiger partial charge is 0.507 e. The Bertz CT molecular complexity index is 489. The number of unbranched alkanes of at least 4 members (excludes halogenated alkanes) is 1. The number of aromatic hydroxyl groups is 3. The third kappa shape index (κ3) is 2.64. The summed E-state index contributed by atoms with van der Waals surface area (Å²) in [5, 5.41) is 29.3. The maximum atomic E-state index is 11.9. The van der Waals surface area contributed by atoms with E-state index in [0.29, 0.717) is 12.0 Å². The van der Waals surface area contributed by atoms with Crippen LogP contribution in [-0.2, 0) is 0 Å². The normalized spacial score (nSPS) is 10.3. The minimum atomic E-state index is -0.406. The highest BCUT2D eigenvalue weighted by Gasteiger charge is 2.22. The van der Waals surface area contributed by atoms with Crippen LogP contribution in [0.2, 0.25) is 0 Å². The third-order valence-corrected chi connectivity index (χ3v) is 2.72. The lowest BCUT2D eigenvalue weighted by atomic mass is 9.97. The molecule has 1 aromatic carbocycles. The lowest BCUT2D eigenvalue weighted by molar-refractivity contribution is 0.0974. The van der Waals surface area contributed by atoms with Crippen LogP contribution in [0, 0.1) is 0 Å². The van der Waals surface area contributed by atoms with Gasteiger partial charge >= 0.3 is 0 Å². The molecule has 0 saturated carbocycles. The topological polar surface area (TPSA) is 77.8 Å². The van der Waals surface area contributed by atoms with Crippen LogP contribution in [0.15, 0.2) is 12.6 Å². The van der Waals surface area contributed by atoms with Crippen LogP contribution in [0.5, 0.6) is 17.2 Å². The summed E-state index contributed by atoms with van der Waals surface area (Å²) in [6.45, 7) is 7.18. The number of carbonyl (C=O) groups excluding carboxylic acids is 1. The number of allylic oxidation sites excluding steroid dienone is 1. The Kier molecular flexibility index (Phi) is 4.37. The lowest BCUT2D eigenvalue weighted by Crippen LogP contribution is -2.01. The first-order valence-electron chi connectivity index (χ1n) is 5.87. The zero-order chi connectivity index (χ0) is 13.9. The molecule has 0 aliphatic carbocycles. The van der Waals surface area contributed by atoms with E-state index < -0.39 is 11.5 Å². The van der Waals surface area contributed by atoms with Crippen LogP contribution in [-0.4, -0.2) is 21.1 Å². The molecule has 0 unspecified atom stereocenters. The summed E-state index contributed by atoms with van der Waals surface area (Å²) >= 11 is 0. The van der Waals surface area contributed by atoms with Gasteiger partial charge in [0.25, 0.3) is 0 Å². The molecule has 0 heterocycles. The first kappa shape index (κ1) is 14.1. The second-order valence-electron chi connectivity index (χ2n) is 4.32. The monoisotopic (exact) mass is 250 g/mol.